The largest absolute Gasteiger partial charge is 0.442 e. The van der Waals surface area contributed by atoms with E-state index in [1.807, 2.05) is 0 Å². The Labute approximate surface area is 137 Å². The van der Waals surface area contributed by atoms with Gasteiger partial charge in [0.25, 0.3) is 0 Å². The third kappa shape index (κ3) is 3.19. The van der Waals surface area contributed by atoms with E-state index in [2.05, 4.69) is 10.1 Å². The van der Waals surface area contributed by atoms with Crippen LogP contribution in [0.15, 0.2) is 33.8 Å². The summed E-state index contributed by atoms with van der Waals surface area (Å²) >= 11 is 0. The molecule has 3 heterocycles. The standard InChI is InChI=1S/C15H17N5O4/c1-11(21)18-5-7-19(8-6-18)13(22)10-20-14(17-24-15(20)23)12-3-2-4-16-9-12/h2-4,9H,5-8,10H2,1H3. The Hall–Kier alpha value is -2.97. The van der Waals surface area contributed by atoms with Gasteiger partial charge in [-0.1, -0.05) is 5.16 Å². The summed E-state index contributed by atoms with van der Waals surface area (Å²) < 4.78 is 5.88. The summed E-state index contributed by atoms with van der Waals surface area (Å²) in [6.45, 7) is 3.23. The van der Waals surface area contributed by atoms with Crippen LogP contribution in [0.2, 0.25) is 0 Å². The molecule has 126 valence electrons. The number of pyridine rings is 1. The van der Waals surface area contributed by atoms with Crippen molar-refractivity contribution in [3.05, 3.63) is 35.1 Å². The van der Waals surface area contributed by atoms with Gasteiger partial charge in [-0.05, 0) is 12.1 Å². The molecule has 0 bridgehead atoms. The second-order valence-corrected chi connectivity index (χ2v) is 5.49. The van der Waals surface area contributed by atoms with Gasteiger partial charge in [-0.15, -0.1) is 0 Å². The lowest BCUT2D eigenvalue weighted by atomic mass is 10.2. The molecule has 0 unspecified atom stereocenters. The highest BCUT2D eigenvalue weighted by molar-refractivity contribution is 5.77. The highest BCUT2D eigenvalue weighted by atomic mass is 16.5. The number of rotatable bonds is 3. The van der Waals surface area contributed by atoms with Crippen molar-refractivity contribution in [1.29, 1.82) is 0 Å². The van der Waals surface area contributed by atoms with Crippen LogP contribution in [-0.4, -0.2) is 62.5 Å². The SMILES string of the molecule is CC(=O)N1CCN(C(=O)Cn2c(-c3cccnc3)noc2=O)CC1. The first kappa shape index (κ1) is 15.9. The van der Waals surface area contributed by atoms with Crippen LogP contribution in [-0.2, 0) is 16.1 Å². The molecule has 2 amide bonds. The van der Waals surface area contributed by atoms with Gasteiger partial charge in [-0.25, -0.2) is 9.36 Å². The topological polar surface area (TPSA) is 102 Å². The average Bonchev–Trinajstić information content (AvgIpc) is 2.96. The minimum atomic E-state index is -0.690. The second-order valence-electron chi connectivity index (χ2n) is 5.49. The lowest BCUT2D eigenvalue weighted by Crippen LogP contribution is -2.51. The summed E-state index contributed by atoms with van der Waals surface area (Å²) in [6.07, 6.45) is 3.15. The van der Waals surface area contributed by atoms with Crippen molar-refractivity contribution in [1.82, 2.24) is 24.5 Å². The van der Waals surface area contributed by atoms with E-state index >= 15 is 0 Å². The molecule has 9 nitrogen and oxygen atoms in total. The third-order valence-corrected chi connectivity index (χ3v) is 3.98. The van der Waals surface area contributed by atoms with Crippen LogP contribution in [0.5, 0.6) is 0 Å². The summed E-state index contributed by atoms with van der Waals surface area (Å²) in [7, 11) is 0. The van der Waals surface area contributed by atoms with Crippen molar-refractivity contribution in [2.75, 3.05) is 26.2 Å². The smallest absolute Gasteiger partial charge is 0.339 e. The number of carbonyl (C=O) groups is 2. The number of amides is 2. The average molecular weight is 331 g/mol. The maximum atomic E-state index is 12.5. The minimum Gasteiger partial charge on any atom is -0.339 e. The Balaban J connectivity index is 1.73. The van der Waals surface area contributed by atoms with Crippen molar-refractivity contribution in [3.8, 4) is 11.4 Å². The molecule has 1 aliphatic heterocycles. The Bertz CT molecular complexity index is 790. The Kier molecular flexibility index (Phi) is 4.41. The molecule has 1 saturated heterocycles. The second kappa shape index (κ2) is 6.65. The van der Waals surface area contributed by atoms with Crippen molar-refractivity contribution < 1.29 is 14.1 Å². The van der Waals surface area contributed by atoms with Crippen LogP contribution >= 0.6 is 0 Å². The molecule has 0 aromatic carbocycles. The fraction of sp³-hybridized carbons (Fsp3) is 0.400. The van der Waals surface area contributed by atoms with E-state index < -0.39 is 5.76 Å². The monoisotopic (exact) mass is 331 g/mol. The van der Waals surface area contributed by atoms with Crippen molar-refractivity contribution in [2.45, 2.75) is 13.5 Å². The van der Waals surface area contributed by atoms with Crippen LogP contribution < -0.4 is 5.76 Å². The van der Waals surface area contributed by atoms with E-state index in [0.29, 0.717) is 31.7 Å². The summed E-state index contributed by atoms with van der Waals surface area (Å²) in [6, 6.07) is 3.44. The van der Waals surface area contributed by atoms with Gasteiger partial charge in [0.1, 0.15) is 6.54 Å². The molecule has 9 heteroatoms. The predicted octanol–water partition coefficient (Wildman–Crippen LogP) is -0.411. The van der Waals surface area contributed by atoms with E-state index in [1.165, 1.54) is 11.5 Å². The highest BCUT2D eigenvalue weighted by Gasteiger charge is 2.24. The van der Waals surface area contributed by atoms with Gasteiger partial charge < -0.3 is 9.80 Å². The molecule has 0 aliphatic carbocycles. The maximum absolute atomic E-state index is 12.5. The number of piperazine rings is 1. The molecular weight excluding hydrogens is 314 g/mol. The van der Waals surface area contributed by atoms with Gasteiger partial charge in [0.15, 0.2) is 5.82 Å². The first-order valence-corrected chi connectivity index (χ1v) is 7.56. The molecule has 1 fully saturated rings. The van der Waals surface area contributed by atoms with Gasteiger partial charge in [0.05, 0.1) is 0 Å². The van der Waals surface area contributed by atoms with Crippen LogP contribution in [0, 0.1) is 0 Å². The molecule has 0 N–H and O–H groups in total. The van der Waals surface area contributed by atoms with Gasteiger partial charge in [0, 0.05) is 51.1 Å². The molecular formula is C15H17N5O4. The lowest BCUT2D eigenvalue weighted by Gasteiger charge is -2.34. The van der Waals surface area contributed by atoms with Gasteiger partial charge in [0.2, 0.25) is 11.8 Å². The maximum Gasteiger partial charge on any atom is 0.442 e. The zero-order valence-electron chi connectivity index (χ0n) is 13.2. The highest BCUT2D eigenvalue weighted by Crippen LogP contribution is 2.14. The Morgan fingerprint density at radius 1 is 1.21 bits per heavy atom. The summed E-state index contributed by atoms with van der Waals surface area (Å²) in [5.41, 5.74) is 0.595. The van der Waals surface area contributed by atoms with E-state index in [4.69, 9.17) is 4.52 Å². The van der Waals surface area contributed by atoms with E-state index in [9.17, 15) is 14.4 Å². The zero-order valence-corrected chi connectivity index (χ0v) is 13.2. The molecule has 0 radical (unpaired) electrons. The molecule has 2 aromatic heterocycles. The van der Waals surface area contributed by atoms with E-state index in [-0.39, 0.29) is 24.2 Å². The van der Waals surface area contributed by atoms with Crippen molar-refractivity contribution in [3.63, 3.8) is 0 Å². The third-order valence-electron chi connectivity index (χ3n) is 3.98. The number of aromatic nitrogens is 3. The number of carbonyl (C=O) groups excluding carboxylic acids is 2. The van der Waals surface area contributed by atoms with Crippen molar-refractivity contribution in [2.24, 2.45) is 0 Å². The summed E-state index contributed by atoms with van der Waals surface area (Å²) in [5, 5.41) is 3.73. The van der Waals surface area contributed by atoms with Gasteiger partial charge >= 0.3 is 5.76 Å². The molecule has 3 rings (SSSR count). The fourth-order valence-electron chi connectivity index (χ4n) is 2.62. The number of hydrogen-bond donors (Lipinski definition) is 0. The molecule has 24 heavy (non-hydrogen) atoms. The van der Waals surface area contributed by atoms with Crippen LogP contribution in [0.4, 0.5) is 0 Å². The summed E-state index contributed by atoms with van der Waals surface area (Å²) in [5.74, 6) is -0.641. The fourth-order valence-corrected chi connectivity index (χ4v) is 2.62. The quantitative estimate of drug-likeness (QED) is 0.758. The first-order valence-electron chi connectivity index (χ1n) is 7.56. The van der Waals surface area contributed by atoms with Gasteiger partial charge in [-0.3, -0.25) is 19.1 Å². The summed E-state index contributed by atoms with van der Waals surface area (Å²) in [4.78, 5) is 42.9. The first-order chi connectivity index (χ1) is 11.6. The number of nitrogens with zero attached hydrogens (tertiary/aromatic N) is 5. The lowest BCUT2D eigenvalue weighted by molar-refractivity contribution is -0.138. The van der Waals surface area contributed by atoms with Crippen LogP contribution in [0.25, 0.3) is 11.4 Å². The predicted molar refractivity (Wildman–Crippen MR) is 82.8 cm³/mol. The molecule has 1 aliphatic rings. The molecule has 0 atom stereocenters. The molecule has 2 aromatic rings. The van der Waals surface area contributed by atoms with Crippen LogP contribution in [0.1, 0.15) is 6.92 Å². The Morgan fingerprint density at radius 3 is 2.54 bits per heavy atom. The Morgan fingerprint density at radius 2 is 1.92 bits per heavy atom. The van der Waals surface area contributed by atoms with Crippen molar-refractivity contribution >= 4 is 11.8 Å². The van der Waals surface area contributed by atoms with E-state index in [0.717, 1.165) is 0 Å². The molecule has 0 spiro atoms. The minimum absolute atomic E-state index is 0.00350. The van der Waals surface area contributed by atoms with Gasteiger partial charge in [-0.2, -0.15) is 0 Å². The number of hydrogen-bond acceptors (Lipinski definition) is 6. The van der Waals surface area contributed by atoms with E-state index in [1.54, 1.807) is 34.3 Å². The zero-order chi connectivity index (χ0) is 17.1. The molecule has 0 saturated carbocycles. The van der Waals surface area contributed by atoms with Crippen LogP contribution in [0.3, 0.4) is 0 Å². The normalized spacial score (nSPS) is 14.7.